The molecule has 2 amide bonds. The number of thioether (sulfide) groups is 1. The summed E-state index contributed by atoms with van der Waals surface area (Å²) in [5.41, 5.74) is 1.34. The van der Waals surface area contributed by atoms with Crippen molar-refractivity contribution in [3.05, 3.63) is 83.0 Å². The quantitative estimate of drug-likeness (QED) is 0.605. The zero-order chi connectivity index (χ0) is 19.2. The number of thiocarbonyl (C=S) groups is 1. The van der Waals surface area contributed by atoms with Crippen LogP contribution < -0.4 is 5.32 Å². The molecule has 1 aliphatic heterocycles. The SMILES string of the molecule is O=C(CN1C(=O)C(=CC=Cc2ccccc2)SC1=S)Nc1cccc(F)c1. The summed E-state index contributed by atoms with van der Waals surface area (Å²) >= 11 is 6.35. The van der Waals surface area contributed by atoms with Crippen molar-refractivity contribution < 1.29 is 14.0 Å². The van der Waals surface area contributed by atoms with Crippen molar-refractivity contribution in [1.29, 1.82) is 0 Å². The Morgan fingerprint density at radius 3 is 2.70 bits per heavy atom. The number of hydrogen-bond acceptors (Lipinski definition) is 4. The highest BCUT2D eigenvalue weighted by molar-refractivity contribution is 8.26. The number of nitrogens with one attached hydrogen (secondary N) is 1. The van der Waals surface area contributed by atoms with Crippen LogP contribution in [0.25, 0.3) is 6.08 Å². The van der Waals surface area contributed by atoms with E-state index in [9.17, 15) is 14.0 Å². The average Bonchev–Trinajstić information content (AvgIpc) is 2.90. The lowest BCUT2D eigenvalue weighted by molar-refractivity contribution is -0.126. The lowest BCUT2D eigenvalue weighted by Crippen LogP contribution is -2.36. The van der Waals surface area contributed by atoms with E-state index in [2.05, 4.69) is 5.32 Å². The standard InChI is InChI=1S/C20H15FN2O2S2/c21-15-9-5-10-16(12-15)22-18(24)13-23-19(25)17(27-20(23)26)11-4-8-14-6-2-1-3-7-14/h1-12H,13H2,(H,22,24). The molecular weight excluding hydrogens is 383 g/mol. The van der Waals surface area contributed by atoms with E-state index in [1.165, 1.54) is 23.1 Å². The second-order valence-electron chi connectivity index (χ2n) is 5.62. The Balaban J connectivity index is 1.62. The Morgan fingerprint density at radius 2 is 1.96 bits per heavy atom. The van der Waals surface area contributed by atoms with Gasteiger partial charge in [0.25, 0.3) is 5.91 Å². The molecule has 1 saturated heterocycles. The molecule has 2 aromatic carbocycles. The molecule has 136 valence electrons. The minimum atomic E-state index is -0.452. The van der Waals surface area contributed by atoms with Gasteiger partial charge in [-0.25, -0.2) is 4.39 Å². The minimum Gasteiger partial charge on any atom is -0.324 e. The largest absolute Gasteiger partial charge is 0.324 e. The van der Waals surface area contributed by atoms with Gasteiger partial charge in [-0.3, -0.25) is 14.5 Å². The summed E-state index contributed by atoms with van der Waals surface area (Å²) < 4.78 is 13.5. The number of rotatable bonds is 5. The average molecular weight is 398 g/mol. The third kappa shape index (κ3) is 5.12. The van der Waals surface area contributed by atoms with Gasteiger partial charge < -0.3 is 5.32 Å². The zero-order valence-corrected chi connectivity index (χ0v) is 15.7. The van der Waals surface area contributed by atoms with E-state index in [1.54, 1.807) is 18.2 Å². The van der Waals surface area contributed by atoms with Crippen LogP contribution in [0.15, 0.2) is 71.7 Å². The lowest BCUT2D eigenvalue weighted by Gasteiger charge is -2.14. The van der Waals surface area contributed by atoms with Gasteiger partial charge in [0.05, 0.1) is 4.91 Å². The van der Waals surface area contributed by atoms with Gasteiger partial charge in [-0.15, -0.1) is 0 Å². The van der Waals surface area contributed by atoms with Gasteiger partial charge in [0, 0.05) is 5.69 Å². The number of benzene rings is 2. The first-order valence-electron chi connectivity index (χ1n) is 8.05. The van der Waals surface area contributed by atoms with Crippen molar-refractivity contribution in [1.82, 2.24) is 4.90 Å². The Morgan fingerprint density at radius 1 is 1.19 bits per heavy atom. The summed E-state index contributed by atoms with van der Waals surface area (Å²) in [6.45, 7) is -0.221. The predicted molar refractivity (Wildman–Crippen MR) is 110 cm³/mol. The van der Waals surface area contributed by atoms with Crippen LogP contribution in [0.4, 0.5) is 10.1 Å². The monoisotopic (exact) mass is 398 g/mol. The van der Waals surface area contributed by atoms with E-state index in [1.807, 2.05) is 36.4 Å². The van der Waals surface area contributed by atoms with Gasteiger partial charge in [-0.2, -0.15) is 0 Å². The number of anilines is 1. The van der Waals surface area contributed by atoms with Crippen molar-refractivity contribution in [2.45, 2.75) is 0 Å². The molecule has 7 heteroatoms. The molecule has 2 aromatic rings. The van der Waals surface area contributed by atoms with Crippen LogP contribution in [-0.4, -0.2) is 27.6 Å². The molecule has 0 radical (unpaired) electrons. The van der Waals surface area contributed by atoms with Crippen molar-refractivity contribution in [2.24, 2.45) is 0 Å². The molecule has 1 N–H and O–H groups in total. The van der Waals surface area contributed by atoms with E-state index in [4.69, 9.17) is 12.2 Å². The topological polar surface area (TPSA) is 49.4 Å². The zero-order valence-electron chi connectivity index (χ0n) is 14.1. The summed E-state index contributed by atoms with van der Waals surface area (Å²) in [6.07, 6.45) is 5.33. The van der Waals surface area contributed by atoms with Gasteiger partial charge in [-0.05, 0) is 29.8 Å². The maximum Gasteiger partial charge on any atom is 0.266 e. The number of carbonyl (C=O) groups is 2. The Kier molecular flexibility index (Phi) is 6.16. The molecule has 0 unspecified atom stereocenters. The fraction of sp³-hybridized carbons (Fsp3) is 0.0500. The van der Waals surface area contributed by atoms with Crippen LogP contribution >= 0.6 is 24.0 Å². The van der Waals surface area contributed by atoms with Crippen LogP contribution in [0.5, 0.6) is 0 Å². The highest BCUT2D eigenvalue weighted by atomic mass is 32.2. The molecule has 0 aliphatic carbocycles. The Bertz CT molecular complexity index is 942. The van der Waals surface area contributed by atoms with Crippen LogP contribution in [0.3, 0.4) is 0 Å². The number of amides is 2. The molecule has 0 aromatic heterocycles. The molecule has 0 atom stereocenters. The molecule has 1 aliphatic rings. The summed E-state index contributed by atoms with van der Waals surface area (Å²) in [7, 11) is 0. The summed E-state index contributed by atoms with van der Waals surface area (Å²) in [5.74, 6) is -1.22. The van der Waals surface area contributed by atoms with Crippen LogP contribution in [-0.2, 0) is 9.59 Å². The van der Waals surface area contributed by atoms with Crippen molar-refractivity contribution in [2.75, 3.05) is 11.9 Å². The maximum atomic E-state index is 13.2. The number of allylic oxidation sites excluding steroid dienone is 2. The van der Waals surface area contributed by atoms with E-state index < -0.39 is 11.7 Å². The van der Waals surface area contributed by atoms with Crippen LogP contribution in [0.2, 0.25) is 0 Å². The normalized spacial score (nSPS) is 15.7. The van der Waals surface area contributed by atoms with E-state index >= 15 is 0 Å². The first-order valence-corrected chi connectivity index (χ1v) is 9.28. The van der Waals surface area contributed by atoms with Crippen molar-refractivity contribution in [3.8, 4) is 0 Å². The van der Waals surface area contributed by atoms with E-state index in [0.29, 0.717) is 14.9 Å². The van der Waals surface area contributed by atoms with E-state index in [-0.39, 0.29) is 12.5 Å². The second kappa shape index (κ2) is 8.75. The third-order valence-electron chi connectivity index (χ3n) is 3.62. The molecule has 1 fully saturated rings. The first kappa shape index (κ1) is 19.0. The van der Waals surface area contributed by atoms with Crippen molar-refractivity contribution >= 4 is 51.9 Å². The number of nitrogens with zero attached hydrogens (tertiary/aromatic N) is 1. The minimum absolute atomic E-state index is 0.221. The summed E-state index contributed by atoms with van der Waals surface area (Å²) in [5, 5.41) is 2.56. The van der Waals surface area contributed by atoms with Gasteiger partial charge in [-0.1, -0.05) is 72.5 Å². The number of hydrogen-bond donors (Lipinski definition) is 1. The van der Waals surface area contributed by atoms with Crippen LogP contribution in [0, 0.1) is 5.82 Å². The highest BCUT2D eigenvalue weighted by Gasteiger charge is 2.33. The number of halogens is 1. The maximum absolute atomic E-state index is 13.2. The predicted octanol–water partition coefficient (Wildman–Crippen LogP) is 4.22. The third-order valence-corrected chi connectivity index (χ3v) is 5.02. The lowest BCUT2D eigenvalue weighted by atomic mass is 10.2. The van der Waals surface area contributed by atoms with E-state index in [0.717, 1.165) is 17.3 Å². The first-order chi connectivity index (χ1) is 13.0. The molecule has 0 saturated carbocycles. The Hall–Kier alpha value is -2.77. The molecule has 0 spiro atoms. The molecular formula is C20H15FN2O2S2. The Labute approximate surface area is 165 Å². The molecule has 3 rings (SSSR count). The fourth-order valence-corrected chi connectivity index (χ4v) is 3.58. The van der Waals surface area contributed by atoms with Gasteiger partial charge in [0.15, 0.2) is 0 Å². The van der Waals surface area contributed by atoms with Crippen molar-refractivity contribution in [3.63, 3.8) is 0 Å². The smallest absolute Gasteiger partial charge is 0.266 e. The van der Waals surface area contributed by atoms with Gasteiger partial charge in [0.1, 0.15) is 16.7 Å². The molecule has 0 bridgehead atoms. The molecule has 4 nitrogen and oxygen atoms in total. The molecule has 1 heterocycles. The van der Waals surface area contributed by atoms with Gasteiger partial charge >= 0.3 is 0 Å². The summed E-state index contributed by atoms with van der Waals surface area (Å²) in [4.78, 5) is 26.3. The van der Waals surface area contributed by atoms with Gasteiger partial charge in [0.2, 0.25) is 5.91 Å². The van der Waals surface area contributed by atoms with Crippen LogP contribution in [0.1, 0.15) is 5.56 Å². The number of carbonyl (C=O) groups excluding carboxylic acids is 2. The molecule has 27 heavy (non-hydrogen) atoms. The fourth-order valence-electron chi connectivity index (χ4n) is 2.37. The second-order valence-corrected chi connectivity index (χ2v) is 7.29. The highest BCUT2D eigenvalue weighted by Crippen LogP contribution is 2.30. The summed E-state index contributed by atoms with van der Waals surface area (Å²) in [6, 6.07) is 15.2.